The Bertz CT molecular complexity index is 650. The van der Waals surface area contributed by atoms with Crippen LogP contribution in [0.1, 0.15) is 30.9 Å². The van der Waals surface area contributed by atoms with Crippen LogP contribution in [-0.2, 0) is 15.0 Å². The van der Waals surface area contributed by atoms with E-state index in [4.69, 9.17) is 0 Å². The highest BCUT2D eigenvalue weighted by Crippen LogP contribution is 2.34. The summed E-state index contributed by atoms with van der Waals surface area (Å²) in [7, 11) is -3.58. The van der Waals surface area contributed by atoms with Crippen LogP contribution in [0, 0.1) is 0 Å². The number of hydrogen-bond acceptors (Lipinski definition) is 3. The molecule has 5 nitrogen and oxygen atoms in total. The fraction of sp³-hybridized carbons (Fsp3) is 0.308. The van der Waals surface area contributed by atoms with Crippen molar-refractivity contribution in [3.05, 3.63) is 47.2 Å². The first kappa shape index (κ1) is 12.4. The predicted molar refractivity (Wildman–Crippen MR) is 70.3 cm³/mol. The fourth-order valence-electron chi connectivity index (χ4n) is 2.59. The zero-order valence-corrected chi connectivity index (χ0v) is 11.0. The van der Waals surface area contributed by atoms with Crippen LogP contribution in [0.4, 0.5) is 0 Å². The molecule has 2 N–H and O–H groups in total. The minimum atomic E-state index is -3.58. The summed E-state index contributed by atoms with van der Waals surface area (Å²) in [6, 6.07) is 8.60. The van der Waals surface area contributed by atoms with Crippen LogP contribution >= 0.6 is 0 Å². The topological polar surface area (TPSA) is 75.3 Å². The maximum Gasteiger partial charge on any atom is 0.299 e. The Kier molecular flexibility index (Phi) is 2.91. The quantitative estimate of drug-likeness (QED) is 0.809. The maximum absolute atomic E-state index is 12.1. The summed E-state index contributed by atoms with van der Waals surface area (Å²) in [5, 5.41) is 0. The van der Waals surface area contributed by atoms with Crippen molar-refractivity contribution in [1.29, 1.82) is 0 Å². The maximum atomic E-state index is 12.1. The molecule has 1 unspecified atom stereocenters. The second-order valence-electron chi connectivity index (χ2n) is 4.74. The van der Waals surface area contributed by atoms with Crippen LogP contribution < -0.4 is 9.44 Å². The Morgan fingerprint density at radius 3 is 2.58 bits per heavy atom. The van der Waals surface area contributed by atoms with E-state index >= 15 is 0 Å². The number of allylic oxidation sites excluding steroid dienone is 1. The molecule has 0 fully saturated rings. The second-order valence-corrected chi connectivity index (χ2v) is 6.18. The number of benzene rings is 1. The first-order valence-corrected chi connectivity index (χ1v) is 7.66. The number of carbonyl (C=O) groups is 1. The Labute approximate surface area is 111 Å². The Morgan fingerprint density at radius 2 is 1.84 bits per heavy atom. The normalized spacial score (nSPS) is 25.7. The summed E-state index contributed by atoms with van der Waals surface area (Å²) < 4.78 is 28.6. The molecule has 1 atom stereocenters. The van der Waals surface area contributed by atoms with Gasteiger partial charge >= 0.3 is 0 Å². The third kappa shape index (κ3) is 2.29. The molecule has 0 amide bonds. The highest BCUT2D eigenvalue weighted by molar-refractivity contribution is 7.87. The standard InChI is InChI=1S/C13H14N2O3S/c16-11-8-4-7-10-12(11)13(15-19(17,18)14-10)9-5-2-1-3-6-9/h1-3,5-6,13-15H,4,7-8H2. The molecular weight excluding hydrogens is 264 g/mol. The summed E-state index contributed by atoms with van der Waals surface area (Å²) in [4.78, 5) is 12.1. The molecule has 0 saturated heterocycles. The van der Waals surface area contributed by atoms with Gasteiger partial charge in [0.15, 0.2) is 5.78 Å². The smallest absolute Gasteiger partial charge is 0.294 e. The van der Waals surface area contributed by atoms with Crippen LogP contribution in [0.5, 0.6) is 0 Å². The third-order valence-corrected chi connectivity index (χ3v) is 4.47. The Morgan fingerprint density at radius 1 is 1.11 bits per heavy atom. The lowest BCUT2D eigenvalue weighted by atomic mass is 9.87. The number of ketones is 1. The monoisotopic (exact) mass is 278 g/mol. The van der Waals surface area contributed by atoms with Crippen molar-refractivity contribution < 1.29 is 13.2 Å². The first-order valence-electron chi connectivity index (χ1n) is 6.18. The highest BCUT2D eigenvalue weighted by Gasteiger charge is 2.36. The lowest BCUT2D eigenvalue weighted by molar-refractivity contribution is -0.116. The molecule has 1 aromatic carbocycles. The van der Waals surface area contributed by atoms with Gasteiger partial charge in [-0.3, -0.25) is 9.52 Å². The van der Waals surface area contributed by atoms with Gasteiger partial charge in [-0.25, -0.2) is 0 Å². The number of nitrogens with one attached hydrogen (secondary N) is 2. The number of carbonyl (C=O) groups excluding carboxylic acids is 1. The van der Waals surface area contributed by atoms with Crippen LogP contribution in [0.15, 0.2) is 41.6 Å². The van der Waals surface area contributed by atoms with Gasteiger partial charge in [0, 0.05) is 17.7 Å². The van der Waals surface area contributed by atoms with Crippen molar-refractivity contribution in [3.8, 4) is 0 Å². The summed E-state index contributed by atoms with van der Waals surface area (Å²) >= 11 is 0. The first-order chi connectivity index (χ1) is 9.07. The van der Waals surface area contributed by atoms with Gasteiger partial charge in [-0.2, -0.15) is 13.1 Å². The van der Waals surface area contributed by atoms with E-state index in [9.17, 15) is 13.2 Å². The highest BCUT2D eigenvalue weighted by atomic mass is 32.2. The minimum Gasteiger partial charge on any atom is -0.294 e. The molecule has 0 saturated carbocycles. The summed E-state index contributed by atoms with van der Waals surface area (Å²) in [6.07, 6.45) is 1.78. The molecule has 1 aliphatic heterocycles. The molecule has 0 spiro atoms. The van der Waals surface area contributed by atoms with Crippen molar-refractivity contribution in [1.82, 2.24) is 9.44 Å². The Hall–Kier alpha value is -1.66. The van der Waals surface area contributed by atoms with Crippen molar-refractivity contribution in [2.45, 2.75) is 25.3 Å². The fourth-order valence-corrected chi connectivity index (χ4v) is 3.75. The van der Waals surface area contributed by atoms with E-state index in [2.05, 4.69) is 9.44 Å². The summed E-state index contributed by atoms with van der Waals surface area (Å²) in [5.41, 5.74) is 1.89. The van der Waals surface area contributed by atoms with E-state index in [1.54, 1.807) is 0 Å². The van der Waals surface area contributed by atoms with Crippen molar-refractivity contribution >= 4 is 16.0 Å². The average Bonchev–Trinajstić information content (AvgIpc) is 2.38. The average molecular weight is 278 g/mol. The molecule has 0 bridgehead atoms. The van der Waals surface area contributed by atoms with Gasteiger partial charge in [0.25, 0.3) is 10.2 Å². The zero-order chi connectivity index (χ0) is 13.5. The van der Waals surface area contributed by atoms with E-state index in [0.29, 0.717) is 30.5 Å². The SMILES string of the molecule is O=C1CCCC2=C1C(c1ccccc1)NS(=O)(=O)N2. The summed E-state index contributed by atoms with van der Waals surface area (Å²) in [5.74, 6) is 0.0185. The predicted octanol–water partition coefficient (Wildman–Crippen LogP) is 1.17. The molecule has 1 aliphatic carbocycles. The number of hydrogen-bond donors (Lipinski definition) is 2. The molecule has 0 aromatic heterocycles. The van der Waals surface area contributed by atoms with Gasteiger partial charge in [0.2, 0.25) is 0 Å². The third-order valence-electron chi connectivity index (χ3n) is 3.41. The second kappa shape index (κ2) is 4.47. The molecule has 6 heteroatoms. The van der Waals surface area contributed by atoms with Crippen molar-refractivity contribution in [2.75, 3.05) is 0 Å². The molecule has 100 valence electrons. The van der Waals surface area contributed by atoms with Gasteiger partial charge in [-0.1, -0.05) is 30.3 Å². The molecule has 1 heterocycles. The van der Waals surface area contributed by atoms with Gasteiger partial charge in [0.1, 0.15) is 0 Å². The minimum absolute atomic E-state index is 0.0185. The van der Waals surface area contributed by atoms with Gasteiger partial charge in [-0.15, -0.1) is 0 Å². The van der Waals surface area contributed by atoms with E-state index in [1.807, 2.05) is 30.3 Å². The molecule has 19 heavy (non-hydrogen) atoms. The lowest BCUT2D eigenvalue weighted by Gasteiger charge is -2.32. The van der Waals surface area contributed by atoms with E-state index in [1.165, 1.54) is 0 Å². The van der Waals surface area contributed by atoms with E-state index < -0.39 is 16.3 Å². The lowest BCUT2D eigenvalue weighted by Crippen LogP contribution is -2.47. The van der Waals surface area contributed by atoms with E-state index in [-0.39, 0.29) is 5.78 Å². The largest absolute Gasteiger partial charge is 0.299 e. The molecule has 2 aliphatic rings. The Balaban J connectivity index is 2.13. The summed E-state index contributed by atoms with van der Waals surface area (Å²) in [6.45, 7) is 0. The molecular formula is C13H14N2O3S. The molecule has 1 aromatic rings. The van der Waals surface area contributed by atoms with Crippen molar-refractivity contribution in [3.63, 3.8) is 0 Å². The van der Waals surface area contributed by atoms with E-state index in [0.717, 1.165) is 5.56 Å². The van der Waals surface area contributed by atoms with Crippen LogP contribution in [0.25, 0.3) is 0 Å². The van der Waals surface area contributed by atoms with Crippen LogP contribution in [-0.4, -0.2) is 14.2 Å². The number of Topliss-reactive ketones (excluding diaryl/α,β-unsaturated/α-hetero) is 1. The van der Waals surface area contributed by atoms with Crippen molar-refractivity contribution in [2.24, 2.45) is 0 Å². The van der Waals surface area contributed by atoms with Crippen LogP contribution in [0.2, 0.25) is 0 Å². The zero-order valence-electron chi connectivity index (χ0n) is 10.2. The van der Waals surface area contributed by atoms with Gasteiger partial charge in [0.05, 0.1) is 6.04 Å². The number of rotatable bonds is 1. The van der Waals surface area contributed by atoms with Gasteiger partial charge < -0.3 is 0 Å². The molecule has 0 radical (unpaired) electrons. The van der Waals surface area contributed by atoms with Crippen LogP contribution in [0.3, 0.4) is 0 Å². The molecule has 3 rings (SSSR count). The van der Waals surface area contributed by atoms with Gasteiger partial charge in [-0.05, 0) is 18.4 Å².